The first-order valence-electron chi connectivity index (χ1n) is 4.88. The molecule has 2 N–H and O–H groups in total. The Kier molecular flexibility index (Phi) is 8.12. The van der Waals surface area contributed by atoms with E-state index in [1.165, 1.54) is 4.90 Å². The second-order valence-corrected chi connectivity index (χ2v) is 3.17. The van der Waals surface area contributed by atoms with E-state index in [9.17, 15) is 13.6 Å². The fraction of sp³-hybridized carbons (Fsp3) is 0.889. The van der Waals surface area contributed by atoms with Gasteiger partial charge in [-0.2, -0.15) is 0 Å². The average Bonchev–Trinajstić information content (AvgIpc) is 2.20. The topological polar surface area (TPSA) is 55.6 Å². The second kappa shape index (κ2) is 8.55. The van der Waals surface area contributed by atoms with Crippen molar-refractivity contribution in [2.45, 2.75) is 19.3 Å². The number of amides is 1. The van der Waals surface area contributed by atoms with Crippen LogP contribution in [-0.2, 0) is 9.53 Å². The smallest absolute Gasteiger partial charge is 0.261 e. The minimum atomic E-state index is -2.48. The molecule has 0 unspecified atom stereocenters. The molecule has 0 atom stereocenters. The number of carbonyl (C=O) groups is 1. The molecule has 0 aliphatic rings. The Morgan fingerprint density at radius 1 is 1.53 bits per heavy atom. The minimum Gasteiger partial charge on any atom is -0.375 e. The third kappa shape index (κ3) is 8.26. The lowest BCUT2D eigenvalue weighted by Gasteiger charge is -2.16. The highest BCUT2D eigenvalue weighted by molar-refractivity contribution is 5.75. The molecule has 0 fully saturated rings. The van der Waals surface area contributed by atoms with E-state index in [0.717, 1.165) is 6.42 Å². The van der Waals surface area contributed by atoms with E-state index in [1.54, 1.807) is 7.05 Å². The van der Waals surface area contributed by atoms with Gasteiger partial charge in [0.15, 0.2) is 0 Å². The summed E-state index contributed by atoms with van der Waals surface area (Å²) in [7, 11) is 1.66. The SMILES string of the molecule is CN(CCCN)C(=O)CCOCC(F)F. The van der Waals surface area contributed by atoms with Crippen molar-refractivity contribution >= 4 is 5.91 Å². The summed E-state index contributed by atoms with van der Waals surface area (Å²) >= 11 is 0. The van der Waals surface area contributed by atoms with Crippen molar-refractivity contribution in [3.8, 4) is 0 Å². The van der Waals surface area contributed by atoms with Gasteiger partial charge in [0.1, 0.15) is 6.61 Å². The zero-order valence-corrected chi connectivity index (χ0v) is 8.92. The van der Waals surface area contributed by atoms with Crippen LogP contribution in [0.1, 0.15) is 12.8 Å². The molecule has 0 saturated carbocycles. The van der Waals surface area contributed by atoms with Crippen molar-refractivity contribution in [1.82, 2.24) is 4.90 Å². The molecule has 4 nitrogen and oxygen atoms in total. The first-order chi connectivity index (χ1) is 7.07. The Hall–Kier alpha value is -0.750. The van der Waals surface area contributed by atoms with Crippen LogP contribution in [0.25, 0.3) is 0 Å². The largest absolute Gasteiger partial charge is 0.375 e. The van der Waals surface area contributed by atoms with Crippen LogP contribution in [-0.4, -0.2) is 50.6 Å². The number of hydrogen-bond acceptors (Lipinski definition) is 3. The van der Waals surface area contributed by atoms with Crippen LogP contribution in [0.3, 0.4) is 0 Å². The maximum atomic E-state index is 11.7. The summed E-state index contributed by atoms with van der Waals surface area (Å²) in [5, 5.41) is 0. The highest BCUT2D eigenvalue weighted by atomic mass is 19.3. The maximum absolute atomic E-state index is 11.7. The Labute approximate surface area is 88.4 Å². The number of ether oxygens (including phenoxy) is 1. The molecule has 0 aromatic carbocycles. The molecule has 0 heterocycles. The van der Waals surface area contributed by atoms with Crippen molar-refractivity contribution < 1.29 is 18.3 Å². The molecule has 0 saturated heterocycles. The van der Waals surface area contributed by atoms with Gasteiger partial charge in [-0.15, -0.1) is 0 Å². The summed E-state index contributed by atoms with van der Waals surface area (Å²) in [6.07, 6.45) is -1.61. The first kappa shape index (κ1) is 14.2. The van der Waals surface area contributed by atoms with Gasteiger partial charge in [-0.25, -0.2) is 8.78 Å². The van der Waals surface area contributed by atoms with Crippen LogP contribution in [0.5, 0.6) is 0 Å². The van der Waals surface area contributed by atoms with E-state index in [2.05, 4.69) is 4.74 Å². The summed E-state index contributed by atoms with van der Waals surface area (Å²) in [5.41, 5.74) is 5.29. The van der Waals surface area contributed by atoms with Crippen molar-refractivity contribution in [1.29, 1.82) is 0 Å². The number of carbonyl (C=O) groups excluding carboxylic acids is 1. The molecule has 15 heavy (non-hydrogen) atoms. The monoisotopic (exact) mass is 224 g/mol. The van der Waals surface area contributed by atoms with Crippen LogP contribution in [0.2, 0.25) is 0 Å². The Morgan fingerprint density at radius 3 is 2.73 bits per heavy atom. The quantitative estimate of drug-likeness (QED) is 0.610. The van der Waals surface area contributed by atoms with E-state index in [-0.39, 0.29) is 18.9 Å². The van der Waals surface area contributed by atoms with Gasteiger partial charge in [-0.3, -0.25) is 4.79 Å². The third-order valence-electron chi connectivity index (χ3n) is 1.83. The highest BCUT2D eigenvalue weighted by Gasteiger charge is 2.08. The molecule has 1 amide bonds. The highest BCUT2D eigenvalue weighted by Crippen LogP contribution is 1.96. The number of rotatable bonds is 8. The third-order valence-corrected chi connectivity index (χ3v) is 1.83. The van der Waals surface area contributed by atoms with E-state index >= 15 is 0 Å². The molecule has 0 aromatic heterocycles. The van der Waals surface area contributed by atoms with Crippen molar-refractivity contribution in [2.75, 3.05) is 33.4 Å². The van der Waals surface area contributed by atoms with Crippen molar-refractivity contribution in [2.24, 2.45) is 5.73 Å². The van der Waals surface area contributed by atoms with Crippen LogP contribution in [0.15, 0.2) is 0 Å². The second-order valence-electron chi connectivity index (χ2n) is 3.17. The lowest BCUT2D eigenvalue weighted by atomic mass is 10.3. The van der Waals surface area contributed by atoms with Gasteiger partial charge in [0, 0.05) is 13.6 Å². The van der Waals surface area contributed by atoms with E-state index in [0.29, 0.717) is 13.1 Å². The first-order valence-corrected chi connectivity index (χ1v) is 4.88. The van der Waals surface area contributed by atoms with Crippen LogP contribution < -0.4 is 5.73 Å². The van der Waals surface area contributed by atoms with Gasteiger partial charge in [-0.05, 0) is 13.0 Å². The summed E-state index contributed by atoms with van der Waals surface area (Å²) in [4.78, 5) is 12.8. The lowest BCUT2D eigenvalue weighted by molar-refractivity contribution is -0.131. The summed E-state index contributed by atoms with van der Waals surface area (Å²) in [6.45, 7) is 0.541. The molecule has 0 bridgehead atoms. The van der Waals surface area contributed by atoms with Gasteiger partial charge in [0.25, 0.3) is 6.43 Å². The molecular weight excluding hydrogens is 206 g/mol. The van der Waals surface area contributed by atoms with Crippen molar-refractivity contribution in [3.63, 3.8) is 0 Å². The van der Waals surface area contributed by atoms with E-state index < -0.39 is 13.0 Å². The number of nitrogens with zero attached hydrogens (tertiary/aromatic N) is 1. The number of halogens is 2. The van der Waals surface area contributed by atoms with Gasteiger partial charge < -0.3 is 15.4 Å². The Morgan fingerprint density at radius 2 is 2.20 bits per heavy atom. The van der Waals surface area contributed by atoms with E-state index in [1.807, 2.05) is 0 Å². The maximum Gasteiger partial charge on any atom is 0.261 e. The fourth-order valence-electron chi connectivity index (χ4n) is 0.976. The minimum absolute atomic E-state index is 0.0378. The zero-order chi connectivity index (χ0) is 11.7. The zero-order valence-electron chi connectivity index (χ0n) is 8.92. The lowest BCUT2D eigenvalue weighted by Crippen LogP contribution is -2.29. The molecule has 0 aliphatic heterocycles. The fourth-order valence-corrected chi connectivity index (χ4v) is 0.976. The van der Waals surface area contributed by atoms with Crippen LogP contribution in [0.4, 0.5) is 8.78 Å². The molecule has 6 heteroatoms. The molecule has 0 spiro atoms. The number of nitrogens with two attached hydrogens (primary N) is 1. The molecule has 0 radical (unpaired) electrons. The van der Waals surface area contributed by atoms with Gasteiger partial charge in [0.05, 0.1) is 13.0 Å². The van der Waals surface area contributed by atoms with Gasteiger partial charge >= 0.3 is 0 Å². The van der Waals surface area contributed by atoms with Crippen LogP contribution in [0, 0.1) is 0 Å². The number of hydrogen-bond donors (Lipinski definition) is 1. The number of alkyl halides is 2. The van der Waals surface area contributed by atoms with Gasteiger partial charge in [0.2, 0.25) is 5.91 Å². The molecule has 90 valence electrons. The molecular formula is C9H18F2N2O2. The summed E-state index contributed by atoms with van der Waals surface area (Å²) < 4.78 is 27.9. The van der Waals surface area contributed by atoms with Crippen molar-refractivity contribution in [3.05, 3.63) is 0 Å². The summed E-state index contributed by atoms with van der Waals surface area (Å²) in [6, 6.07) is 0. The molecule has 0 aliphatic carbocycles. The Balaban J connectivity index is 3.47. The predicted molar refractivity (Wildman–Crippen MR) is 52.7 cm³/mol. The normalized spacial score (nSPS) is 10.7. The molecule has 0 aromatic rings. The summed E-state index contributed by atoms with van der Waals surface area (Å²) in [5.74, 6) is -0.113. The van der Waals surface area contributed by atoms with Crippen LogP contribution >= 0.6 is 0 Å². The Bertz CT molecular complexity index is 179. The average molecular weight is 224 g/mol. The predicted octanol–water partition coefficient (Wildman–Crippen LogP) is 0.465. The molecule has 0 rings (SSSR count). The van der Waals surface area contributed by atoms with Gasteiger partial charge in [-0.1, -0.05) is 0 Å². The standard InChI is InChI=1S/C9H18F2N2O2/c1-13(5-2-4-12)9(14)3-6-15-7-8(10)11/h8H,2-7,12H2,1H3. The van der Waals surface area contributed by atoms with E-state index in [4.69, 9.17) is 5.73 Å².